The highest BCUT2D eigenvalue weighted by molar-refractivity contribution is 7.15. The average Bonchev–Trinajstić information content (AvgIpc) is 3.14. The largest absolute Gasteiger partial charge is 0.459 e. The molecule has 0 aromatic carbocycles. The van der Waals surface area contributed by atoms with Crippen LogP contribution in [0.3, 0.4) is 0 Å². The summed E-state index contributed by atoms with van der Waals surface area (Å²) in [5.74, 6) is 0.141. The lowest BCUT2D eigenvalue weighted by atomic mass is 10.1. The van der Waals surface area contributed by atoms with Crippen molar-refractivity contribution in [2.24, 2.45) is 5.92 Å². The zero-order valence-electron chi connectivity index (χ0n) is 13.5. The third-order valence-corrected chi connectivity index (χ3v) is 4.03. The van der Waals surface area contributed by atoms with Crippen LogP contribution in [0.5, 0.6) is 0 Å². The average molecular weight is 335 g/mol. The molecule has 0 radical (unpaired) electrons. The topological polar surface area (TPSA) is 75.4 Å². The lowest BCUT2D eigenvalue weighted by Crippen LogP contribution is -2.39. The second kappa shape index (κ2) is 7.92. The molecule has 6 nitrogen and oxygen atoms in total. The molecule has 0 unspecified atom stereocenters. The van der Waals surface area contributed by atoms with Crippen LogP contribution in [0.25, 0.3) is 0 Å². The Morgan fingerprint density at radius 2 is 2.22 bits per heavy atom. The van der Waals surface area contributed by atoms with Crippen LogP contribution in [-0.4, -0.2) is 34.8 Å². The van der Waals surface area contributed by atoms with E-state index in [0.717, 1.165) is 11.3 Å². The first-order chi connectivity index (χ1) is 11.0. The van der Waals surface area contributed by atoms with Gasteiger partial charge in [0.1, 0.15) is 6.54 Å². The van der Waals surface area contributed by atoms with E-state index >= 15 is 0 Å². The van der Waals surface area contributed by atoms with Crippen LogP contribution in [-0.2, 0) is 4.79 Å². The van der Waals surface area contributed by atoms with Gasteiger partial charge in [0, 0.05) is 17.6 Å². The Morgan fingerprint density at radius 1 is 1.43 bits per heavy atom. The first kappa shape index (κ1) is 17.2. The molecule has 0 aliphatic heterocycles. The van der Waals surface area contributed by atoms with Crippen LogP contribution in [0, 0.1) is 12.8 Å². The van der Waals surface area contributed by atoms with Crippen molar-refractivity contribution in [3.63, 3.8) is 0 Å². The van der Waals surface area contributed by atoms with Crippen molar-refractivity contribution >= 4 is 28.3 Å². The van der Waals surface area contributed by atoms with Crippen molar-refractivity contribution in [2.45, 2.75) is 27.2 Å². The molecule has 0 aliphatic rings. The van der Waals surface area contributed by atoms with Gasteiger partial charge >= 0.3 is 0 Å². The van der Waals surface area contributed by atoms with Crippen LogP contribution in [0.1, 0.15) is 35.7 Å². The summed E-state index contributed by atoms with van der Waals surface area (Å²) in [6.07, 6.45) is 3.97. The Morgan fingerprint density at radius 3 is 2.78 bits per heavy atom. The summed E-state index contributed by atoms with van der Waals surface area (Å²) in [6.45, 7) is 6.55. The minimum atomic E-state index is -0.277. The van der Waals surface area contributed by atoms with Gasteiger partial charge in [-0.15, -0.1) is 11.3 Å². The number of carbonyl (C=O) groups is 2. The summed E-state index contributed by atoms with van der Waals surface area (Å²) in [7, 11) is 0. The van der Waals surface area contributed by atoms with Crippen LogP contribution >= 0.6 is 11.3 Å². The van der Waals surface area contributed by atoms with E-state index in [1.807, 2.05) is 6.92 Å². The Bertz CT molecular complexity index is 649. The van der Waals surface area contributed by atoms with Gasteiger partial charge in [-0.25, -0.2) is 4.98 Å². The second-order valence-corrected chi connectivity index (χ2v) is 6.95. The smallest absolute Gasteiger partial charge is 0.290 e. The number of furan rings is 1. The van der Waals surface area contributed by atoms with Crippen LogP contribution < -0.4 is 5.32 Å². The van der Waals surface area contributed by atoms with Gasteiger partial charge in [-0.05, 0) is 31.4 Å². The van der Waals surface area contributed by atoms with Crippen molar-refractivity contribution in [1.29, 1.82) is 0 Å². The number of aromatic nitrogens is 1. The highest BCUT2D eigenvalue weighted by Gasteiger charge is 2.21. The Labute approximate surface area is 139 Å². The Hall–Kier alpha value is -2.15. The summed E-state index contributed by atoms with van der Waals surface area (Å²) in [5, 5.41) is 3.27. The molecule has 0 spiro atoms. The maximum Gasteiger partial charge on any atom is 0.290 e. The number of hydrogen-bond acceptors (Lipinski definition) is 5. The molecule has 0 atom stereocenters. The monoisotopic (exact) mass is 335 g/mol. The standard InChI is InChI=1S/C16H21N3O3S/c1-11(2)6-7-19(15(21)13-5-4-8-22-13)10-14(20)18-16-17-9-12(3)23-16/h4-5,8-9,11H,6-7,10H2,1-3H3,(H,17,18,20). The fourth-order valence-electron chi connectivity index (χ4n) is 1.97. The molecule has 0 aliphatic carbocycles. The predicted octanol–water partition coefficient (Wildman–Crippen LogP) is 3.17. The Balaban J connectivity index is 2.01. The van der Waals surface area contributed by atoms with E-state index in [1.165, 1.54) is 22.5 Å². The van der Waals surface area contributed by atoms with E-state index in [-0.39, 0.29) is 24.1 Å². The summed E-state index contributed by atoms with van der Waals surface area (Å²) >= 11 is 1.40. The first-order valence-electron chi connectivity index (χ1n) is 7.50. The number of anilines is 1. The zero-order valence-corrected chi connectivity index (χ0v) is 14.4. The molecule has 2 rings (SSSR count). The third-order valence-electron chi connectivity index (χ3n) is 3.20. The minimum Gasteiger partial charge on any atom is -0.459 e. The van der Waals surface area contributed by atoms with E-state index in [9.17, 15) is 9.59 Å². The van der Waals surface area contributed by atoms with Gasteiger partial charge in [0.15, 0.2) is 10.9 Å². The molecule has 2 heterocycles. The maximum absolute atomic E-state index is 12.4. The lowest BCUT2D eigenvalue weighted by molar-refractivity contribution is -0.116. The Kier molecular flexibility index (Phi) is 5.92. The summed E-state index contributed by atoms with van der Waals surface area (Å²) in [6, 6.07) is 3.26. The van der Waals surface area contributed by atoms with Crippen molar-refractivity contribution in [2.75, 3.05) is 18.4 Å². The molecule has 7 heteroatoms. The van der Waals surface area contributed by atoms with Crippen molar-refractivity contribution in [3.05, 3.63) is 35.2 Å². The zero-order chi connectivity index (χ0) is 16.8. The summed E-state index contributed by atoms with van der Waals surface area (Å²) in [5.41, 5.74) is 0. The lowest BCUT2D eigenvalue weighted by Gasteiger charge is -2.21. The first-order valence-corrected chi connectivity index (χ1v) is 8.32. The fraction of sp³-hybridized carbons (Fsp3) is 0.438. The van der Waals surface area contributed by atoms with Gasteiger partial charge in [-0.2, -0.15) is 0 Å². The molecule has 124 valence electrons. The molecule has 0 saturated heterocycles. The number of nitrogens with one attached hydrogen (secondary N) is 1. The van der Waals surface area contributed by atoms with Crippen LogP contribution in [0.4, 0.5) is 5.13 Å². The minimum absolute atomic E-state index is 0.0229. The number of thiazole rings is 1. The van der Waals surface area contributed by atoms with Crippen LogP contribution in [0.15, 0.2) is 29.0 Å². The molecule has 23 heavy (non-hydrogen) atoms. The van der Waals surface area contributed by atoms with Gasteiger partial charge in [0.05, 0.1) is 6.26 Å². The number of nitrogens with zero attached hydrogens (tertiary/aromatic N) is 2. The van der Waals surface area contributed by atoms with Crippen molar-refractivity contribution < 1.29 is 14.0 Å². The van der Waals surface area contributed by atoms with Gasteiger partial charge in [-0.3, -0.25) is 9.59 Å². The predicted molar refractivity (Wildman–Crippen MR) is 89.5 cm³/mol. The highest BCUT2D eigenvalue weighted by Crippen LogP contribution is 2.16. The number of hydrogen-bond donors (Lipinski definition) is 1. The van der Waals surface area contributed by atoms with Crippen molar-refractivity contribution in [3.8, 4) is 0 Å². The van der Waals surface area contributed by atoms with E-state index < -0.39 is 0 Å². The molecule has 0 saturated carbocycles. The maximum atomic E-state index is 12.4. The number of amides is 2. The van der Waals surface area contributed by atoms with Gasteiger partial charge in [0.2, 0.25) is 5.91 Å². The van der Waals surface area contributed by atoms with E-state index in [1.54, 1.807) is 18.3 Å². The SMILES string of the molecule is Cc1cnc(NC(=O)CN(CCC(C)C)C(=O)c2ccco2)s1. The molecular weight excluding hydrogens is 314 g/mol. The van der Waals surface area contributed by atoms with Crippen molar-refractivity contribution in [1.82, 2.24) is 9.88 Å². The van der Waals surface area contributed by atoms with Crippen LogP contribution in [0.2, 0.25) is 0 Å². The highest BCUT2D eigenvalue weighted by atomic mass is 32.1. The number of carbonyl (C=O) groups excluding carboxylic acids is 2. The number of rotatable bonds is 7. The third kappa shape index (κ3) is 5.21. The molecule has 2 amide bonds. The van der Waals surface area contributed by atoms with Gasteiger partial charge in [0.25, 0.3) is 5.91 Å². The van der Waals surface area contributed by atoms with Gasteiger partial charge in [-0.1, -0.05) is 13.8 Å². The second-order valence-electron chi connectivity index (χ2n) is 5.71. The normalized spacial score (nSPS) is 10.8. The molecular formula is C16H21N3O3S. The quantitative estimate of drug-likeness (QED) is 0.843. The number of aryl methyl sites for hydroxylation is 1. The molecule has 1 N–H and O–H groups in total. The van der Waals surface area contributed by atoms with E-state index in [4.69, 9.17) is 4.42 Å². The van der Waals surface area contributed by atoms with E-state index in [0.29, 0.717) is 17.6 Å². The summed E-state index contributed by atoms with van der Waals surface area (Å²) in [4.78, 5) is 31.3. The van der Waals surface area contributed by atoms with E-state index in [2.05, 4.69) is 24.1 Å². The fourth-order valence-corrected chi connectivity index (χ4v) is 2.65. The molecule has 2 aromatic heterocycles. The molecule has 2 aromatic rings. The molecule has 0 fully saturated rings. The molecule has 0 bridgehead atoms. The van der Waals surface area contributed by atoms with Gasteiger partial charge < -0.3 is 14.6 Å². The summed E-state index contributed by atoms with van der Waals surface area (Å²) < 4.78 is 5.15.